The fourth-order valence-corrected chi connectivity index (χ4v) is 1.70. The number of fused-ring (bicyclic) bond motifs is 1. The SMILES string of the molecule is Cc1ccc(-c2ncc3ccc(=O)oc3n2)cc1. The van der Waals surface area contributed by atoms with Gasteiger partial charge in [-0.15, -0.1) is 0 Å². The molecular weight excluding hydrogens is 228 g/mol. The van der Waals surface area contributed by atoms with Crippen molar-refractivity contribution in [3.63, 3.8) is 0 Å². The zero-order valence-electron chi connectivity index (χ0n) is 9.75. The molecule has 0 N–H and O–H groups in total. The molecule has 0 radical (unpaired) electrons. The summed E-state index contributed by atoms with van der Waals surface area (Å²) in [5.41, 5.74) is 1.98. The van der Waals surface area contributed by atoms with Crippen molar-refractivity contribution in [2.45, 2.75) is 6.92 Å². The van der Waals surface area contributed by atoms with Crippen LogP contribution in [0.1, 0.15) is 5.56 Å². The van der Waals surface area contributed by atoms with Crippen molar-refractivity contribution in [3.8, 4) is 11.4 Å². The largest absolute Gasteiger partial charge is 0.403 e. The fourth-order valence-electron chi connectivity index (χ4n) is 1.70. The molecule has 0 aliphatic heterocycles. The number of benzene rings is 1. The lowest BCUT2D eigenvalue weighted by molar-refractivity contribution is 0.549. The summed E-state index contributed by atoms with van der Waals surface area (Å²) in [6, 6.07) is 10.9. The van der Waals surface area contributed by atoms with Gasteiger partial charge in [-0.1, -0.05) is 29.8 Å². The summed E-state index contributed by atoms with van der Waals surface area (Å²) >= 11 is 0. The monoisotopic (exact) mass is 238 g/mol. The number of hydrogen-bond acceptors (Lipinski definition) is 4. The van der Waals surface area contributed by atoms with Crippen LogP contribution in [0.5, 0.6) is 0 Å². The molecule has 0 saturated carbocycles. The van der Waals surface area contributed by atoms with Crippen LogP contribution in [0.4, 0.5) is 0 Å². The summed E-state index contributed by atoms with van der Waals surface area (Å²) in [7, 11) is 0. The van der Waals surface area contributed by atoms with E-state index in [4.69, 9.17) is 4.42 Å². The van der Waals surface area contributed by atoms with Gasteiger partial charge in [-0.05, 0) is 13.0 Å². The Morgan fingerprint density at radius 3 is 2.61 bits per heavy atom. The minimum Gasteiger partial charge on any atom is -0.403 e. The summed E-state index contributed by atoms with van der Waals surface area (Å²) in [4.78, 5) is 19.7. The highest BCUT2D eigenvalue weighted by Crippen LogP contribution is 2.17. The number of nitrogens with zero attached hydrogens (tertiary/aromatic N) is 2. The molecule has 0 spiro atoms. The van der Waals surface area contributed by atoms with E-state index in [9.17, 15) is 4.79 Å². The third-order valence-corrected chi connectivity index (χ3v) is 2.69. The lowest BCUT2D eigenvalue weighted by Crippen LogP contribution is -1.97. The van der Waals surface area contributed by atoms with Crippen molar-refractivity contribution < 1.29 is 4.42 Å². The lowest BCUT2D eigenvalue weighted by Gasteiger charge is -2.01. The van der Waals surface area contributed by atoms with E-state index < -0.39 is 5.63 Å². The molecular formula is C14H10N2O2. The first-order valence-electron chi connectivity index (χ1n) is 5.56. The Kier molecular flexibility index (Phi) is 2.41. The van der Waals surface area contributed by atoms with Crippen molar-refractivity contribution in [2.24, 2.45) is 0 Å². The average Bonchev–Trinajstić information content (AvgIpc) is 2.38. The zero-order valence-corrected chi connectivity index (χ0v) is 9.75. The average molecular weight is 238 g/mol. The molecule has 2 heterocycles. The summed E-state index contributed by atoms with van der Waals surface area (Å²) in [5.74, 6) is 0.553. The van der Waals surface area contributed by atoms with Crippen molar-refractivity contribution in [3.05, 3.63) is 58.6 Å². The van der Waals surface area contributed by atoms with Gasteiger partial charge in [-0.25, -0.2) is 9.78 Å². The molecule has 18 heavy (non-hydrogen) atoms. The van der Waals surface area contributed by atoms with Gasteiger partial charge in [0.15, 0.2) is 5.82 Å². The standard InChI is InChI=1S/C14H10N2O2/c1-9-2-4-10(5-3-9)13-15-8-11-6-7-12(17)18-14(11)16-13/h2-8H,1H3. The minimum atomic E-state index is -0.406. The van der Waals surface area contributed by atoms with E-state index in [0.29, 0.717) is 16.9 Å². The van der Waals surface area contributed by atoms with Crippen LogP contribution in [0.25, 0.3) is 22.5 Å². The summed E-state index contributed by atoms with van der Waals surface area (Å²) < 4.78 is 5.04. The van der Waals surface area contributed by atoms with Gasteiger partial charge < -0.3 is 4.42 Å². The maximum atomic E-state index is 11.1. The number of aryl methyl sites for hydroxylation is 1. The van der Waals surface area contributed by atoms with Crippen LogP contribution in [-0.2, 0) is 0 Å². The van der Waals surface area contributed by atoms with E-state index in [-0.39, 0.29) is 0 Å². The zero-order chi connectivity index (χ0) is 12.5. The van der Waals surface area contributed by atoms with Crippen LogP contribution in [0.15, 0.2) is 51.8 Å². The maximum Gasteiger partial charge on any atom is 0.337 e. The Balaban J connectivity index is 2.18. The van der Waals surface area contributed by atoms with E-state index >= 15 is 0 Å². The van der Waals surface area contributed by atoms with Crippen molar-refractivity contribution >= 4 is 11.1 Å². The molecule has 3 aromatic rings. The third kappa shape index (κ3) is 1.88. The predicted octanol–water partition coefficient (Wildman–Crippen LogP) is 2.56. The number of rotatable bonds is 1. The first-order chi connectivity index (χ1) is 8.72. The molecule has 2 aromatic heterocycles. The van der Waals surface area contributed by atoms with Crippen LogP contribution in [-0.4, -0.2) is 9.97 Å². The molecule has 0 bridgehead atoms. The maximum absolute atomic E-state index is 11.1. The fraction of sp³-hybridized carbons (Fsp3) is 0.0714. The molecule has 0 aliphatic carbocycles. The van der Waals surface area contributed by atoms with Gasteiger partial charge in [0.05, 0.1) is 5.39 Å². The van der Waals surface area contributed by atoms with Gasteiger partial charge in [0.25, 0.3) is 0 Å². The molecule has 0 aliphatic rings. The Morgan fingerprint density at radius 2 is 1.83 bits per heavy atom. The van der Waals surface area contributed by atoms with Crippen LogP contribution in [0, 0.1) is 6.92 Å². The quantitative estimate of drug-likeness (QED) is 0.653. The van der Waals surface area contributed by atoms with E-state index in [0.717, 1.165) is 5.56 Å². The summed E-state index contributed by atoms with van der Waals surface area (Å²) in [6.45, 7) is 2.02. The van der Waals surface area contributed by atoms with E-state index in [1.807, 2.05) is 31.2 Å². The highest BCUT2D eigenvalue weighted by Gasteiger charge is 2.04. The summed E-state index contributed by atoms with van der Waals surface area (Å²) in [5, 5.41) is 0.713. The molecule has 0 saturated heterocycles. The third-order valence-electron chi connectivity index (χ3n) is 2.69. The molecule has 0 fully saturated rings. The Labute approximate surface area is 103 Å². The van der Waals surface area contributed by atoms with Gasteiger partial charge in [-0.3, -0.25) is 0 Å². The van der Waals surface area contributed by atoms with Gasteiger partial charge in [0.1, 0.15) is 0 Å². The molecule has 3 rings (SSSR count). The lowest BCUT2D eigenvalue weighted by atomic mass is 10.1. The molecule has 1 aromatic carbocycles. The van der Waals surface area contributed by atoms with Gasteiger partial charge >= 0.3 is 5.63 Å². The second-order valence-electron chi connectivity index (χ2n) is 4.07. The molecule has 0 amide bonds. The van der Waals surface area contributed by atoms with Gasteiger partial charge in [0, 0.05) is 17.8 Å². The van der Waals surface area contributed by atoms with E-state index in [2.05, 4.69) is 9.97 Å². The second kappa shape index (κ2) is 4.07. The number of hydrogen-bond donors (Lipinski definition) is 0. The predicted molar refractivity (Wildman–Crippen MR) is 68.2 cm³/mol. The molecule has 0 unspecified atom stereocenters. The van der Waals surface area contributed by atoms with Crippen LogP contribution in [0.2, 0.25) is 0 Å². The Morgan fingerprint density at radius 1 is 1.06 bits per heavy atom. The van der Waals surface area contributed by atoms with Crippen LogP contribution < -0.4 is 5.63 Å². The van der Waals surface area contributed by atoms with Gasteiger partial charge in [-0.2, -0.15) is 4.98 Å². The highest BCUT2D eigenvalue weighted by molar-refractivity contribution is 5.73. The van der Waals surface area contributed by atoms with E-state index in [1.54, 1.807) is 12.3 Å². The Bertz CT molecular complexity index is 761. The van der Waals surface area contributed by atoms with Crippen molar-refractivity contribution in [1.29, 1.82) is 0 Å². The minimum absolute atomic E-state index is 0.313. The van der Waals surface area contributed by atoms with E-state index in [1.165, 1.54) is 11.6 Å². The first kappa shape index (κ1) is 10.7. The molecule has 0 atom stereocenters. The summed E-state index contributed by atoms with van der Waals surface area (Å²) in [6.07, 6.45) is 1.65. The van der Waals surface area contributed by atoms with Crippen LogP contribution >= 0.6 is 0 Å². The normalized spacial score (nSPS) is 10.7. The Hall–Kier alpha value is -2.49. The van der Waals surface area contributed by atoms with Crippen LogP contribution in [0.3, 0.4) is 0 Å². The van der Waals surface area contributed by atoms with Gasteiger partial charge in [0.2, 0.25) is 5.71 Å². The number of aromatic nitrogens is 2. The van der Waals surface area contributed by atoms with Crippen molar-refractivity contribution in [1.82, 2.24) is 9.97 Å². The second-order valence-corrected chi connectivity index (χ2v) is 4.07. The van der Waals surface area contributed by atoms with Crippen molar-refractivity contribution in [2.75, 3.05) is 0 Å². The molecule has 88 valence electrons. The molecule has 4 nitrogen and oxygen atoms in total. The molecule has 4 heteroatoms. The topological polar surface area (TPSA) is 56.0 Å². The highest BCUT2D eigenvalue weighted by atomic mass is 16.4. The first-order valence-corrected chi connectivity index (χ1v) is 5.56. The smallest absolute Gasteiger partial charge is 0.337 e.